The summed E-state index contributed by atoms with van der Waals surface area (Å²) in [6.07, 6.45) is 1.66. The first-order chi connectivity index (χ1) is 9.56. The van der Waals surface area contributed by atoms with Crippen LogP contribution in [0.15, 0.2) is 41.3 Å². The maximum atomic E-state index is 12.0. The van der Waals surface area contributed by atoms with Crippen LogP contribution in [0.1, 0.15) is 10.4 Å². The Bertz CT molecular complexity index is 865. The van der Waals surface area contributed by atoms with Crippen molar-refractivity contribution in [3.8, 4) is 5.69 Å². The average molecular weight is 381 g/mol. The van der Waals surface area contributed by atoms with Gasteiger partial charge in [-0.3, -0.25) is 9.55 Å². The van der Waals surface area contributed by atoms with E-state index in [2.05, 4.69) is 32.6 Å². The largest absolute Gasteiger partial charge is 0.478 e. The molecule has 0 saturated heterocycles. The van der Waals surface area contributed by atoms with Gasteiger partial charge in [-0.05, 0) is 52.9 Å². The van der Waals surface area contributed by atoms with Crippen LogP contribution in [0.25, 0.3) is 16.9 Å². The molecule has 7 heteroatoms. The fourth-order valence-electron chi connectivity index (χ4n) is 1.97. The Morgan fingerprint density at radius 1 is 1.30 bits per heavy atom. The molecular formula is C13H8IN3O3. The highest BCUT2D eigenvalue weighted by molar-refractivity contribution is 14.1. The lowest BCUT2D eigenvalue weighted by molar-refractivity contribution is 0.0697. The summed E-state index contributed by atoms with van der Waals surface area (Å²) in [6.45, 7) is 0. The molecule has 3 aromatic rings. The number of H-pyrrole nitrogens is 1. The van der Waals surface area contributed by atoms with Gasteiger partial charge in [-0.1, -0.05) is 0 Å². The zero-order chi connectivity index (χ0) is 14.3. The van der Waals surface area contributed by atoms with Crippen molar-refractivity contribution in [2.45, 2.75) is 0 Å². The van der Waals surface area contributed by atoms with Crippen LogP contribution in [-0.2, 0) is 0 Å². The van der Waals surface area contributed by atoms with Crippen LogP contribution in [0, 0.1) is 3.57 Å². The number of hydrogen-bond acceptors (Lipinski definition) is 3. The number of pyridine rings is 1. The second-order valence-corrected chi connectivity index (χ2v) is 5.38. The average Bonchev–Trinajstić information content (AvgIpc) is 2.74. The van der Waals surface area contributed by atoms with Gasteiger partial charge in [-0.2, -0.15) is 0 Å². The summed E-state index contributed by atoms with van der Waals surface area (Å²) in [5, 5.41) is 8.88. The molecule has 2 heterocycles. The quantitative estimate of drug-likeness (QED) is 0.665. The van der Waals surface area contributed by atoms with Gasteiger partial charge in [-0.25, -0.2) is 14.6 Å². The molecule has 0 spiro atoms. The maximum Gasteiger partial charge on any atom is 0.335 e. The molecule has 100 valence electrons. The second-order valence-electron chi connectivity index (χ2n) is 4.14. The van der Waals surface area contributed by atoms with Gasteiger partial charge < -0.3 is 5.11 Å². The molecule has 0 aliphatic heterocycles. The minimum Gasteiger partial charge on any atom is -0.478 e. The van der Waals surface area contributed by atoms with Crippen molar-refractivity contribution >= 4 is 39.7 Å². The zero-order valence-electron chi connectivity index (χ0n) is 10.0. The molecule has 0 atom stereocenters. The summed E-state index contributed by atoms with van der Waals surface area (Å²) < 4.78 is 2.38. The van der Waals surface area contributed by atoms with E-state index in [1.54, 1.807) is 18.3 Å². The number of aromatic nitrogens is 3. The summed E-state index contributed by atoms with van der Waals surface area (Å²) in [5.74, 6) is -1.00. The highest BCUT2D eigenvalue weighted by Gasteiger charge is 2.11. The van der Waals surface area contributed by atoms with Crippen molar-refractivity contribution in [1.82, 2.24) is 14.5 Å². The minimum atomic E-state index is -1.00. The Morgan fingerprint density at radius 2 is 2.00 bits per heavy atom. The van der Waals surface area contributed by atoms with Gasteiger partial charge in [0.2, 0.25) is 0 Å². The first-order valence-electron chi connectivity index (χ1n) is 5.66. The van der Waals surface area contributed by atoms with E-state index in [0.717, 1.165) is 3.57 Å². The number of aromatic carboxylic acids is 1. The zero-order valence-corrected chi connectivity index (χ0v) is 12.2. The molecule has 2 N–H and O–H groups in total. The van der Waals surface area contributed by atoms with Crippen LogP contribution >= 0.6 is 22.6 Å². The molecule has 0 amide bonds. The Kier molecular flexibility index (Phi) is 3.05. The predicted molar refractivity (Wildman–Crippen MR) is 81.4 cm³/mol. The maximum absolute atomic E-state index is 12.0. The number of halogens is 1. The lowest BCUT2D eigenvalue weighted by Gasteiger charge is -2.03. The second kappa shape index (κ2) is 4.75. The molecule has 0 saturated carbocycles. The Balaban J connectivity index is 2.23. The van der Waals surface area contributed by atoms with E-state index in [-0.39, 0.29) is 11.3 Å². The van der Waals surface area contributed by atoms with Gasteiger partial charge in [0.25, 0.3) is 0 Å². The van der Waals surface area contributed by atoms with Crippen molar-refractivity contribution in [3.05, 3.63) is 56.1 Å². The number of benzene rings is 1. The number of carboxylic acid groups (broad SMARTS) is 1. The molecule has 3 rings (SSSR count). The van der Waals surface area contributed by atoms with Crippen LogP contribution in [0.3, 0.4) is 0 Å². The third kappa shape index (κ3) is 2.09. The number of aromatic amines is 1. The van der Waals surface area contributed by atoms with E-state index in [1.807, 2.05) is 6.07 Å². The number of fused-ring (bicyclic) bond motifs is 1. The first kappa shape index (κ1) is 12.9. The molecule has 0 bridgehead atoms. The number of imidazole rings is 1. The van der Waals surface area contributed by atoms with Gasteiger partial charge in [0.15, 0.2) is 5.65 Å². The topological polar surface area (TPSA) is 88.0 Å². The molecule has 6 nitrogen and oxygen atoms in total. The monoisotopic (exact) mass is 381 g/mol. The van der Waals surface area contributed by atoms with Crippen LogP contribution in [-0.4, -0.2) is 25.6 Å². The van der Waals surface area contributed by atoms with Crippen LogP contribution in [0.4, 0.5) is 0 Å². The van der Waals surface area contributed by atoms with E-state index < -0.39 is 5.97 Å². The summed E-state index contributed by atoms with van der Waals surface area (Å²) in [6, 6.07) is 7.95. The number of carbonyl (C=O) groups is 1. The normalized spacial score (nSPS) is 10.8. The van der Waals surface area contributed by atoms with Crippen LogP contribution in [0.2, 0.25) is 0 Å². The number of carboxylic acids is 1. The number of nitrogens with zero attached hydrogens (tertiary/aromatic N) is 2. The smallest absolute Gasteiger partial charge is 0.335 e. The molecule has 0 unspecified atom stereocenters. The molecular weight excluding hydrogens is 373 g/mol. The Hall–Kier alpha value is -2.16. The number of nitrogens with one attached hydrogen (secondary N) is 1. The van der Waals surface area contributed by atoms with E-state index >= 15 is 0 Å². The molecule has 0 radical (unpaired) electrons. The summed E-state index contributed by atoms with van der Waals surface area (Å²) in [7, 11) is 0. The van der Waals surface area contributed by atoms with Crippen molar-refractivity contribution in [2.75, 3.05) is 0 Å². The molecule has 1 aromatic carbocycles. The Labute approximate surface area is 126 Å². The van der Waals surface area contributed by atoms with Gasteiger partial charge >= 0.3 is 11.7 Å². The lowest BCUT2D eigenvalue weighted by atomic mass is 10.2. The summed E-state index contributed by atoms with van der Waals surface area (Å²) >= 11 is 2.12. The Morgan fingerprint density at radius 3 is 2.65 bits per heavy atom. The van der Waals surface area contributed by atoms with Gasteiger partial charge in [-0.15, -0.1) is 0 Å². The number of hydrogen-bond donors (Lipinski definition) is 2. The first-order valence-corrected chi connectivity index (χ1v) is 6.74. The van der Waals surface area contributed by atoms with E-state index in [4.69, 9.17) is 5.11 Å². The highest BCUT2D eigenvalue weighted by atomic mass is 127. The standard InChI is InChI=1S/C13H8IN3O3/c14-8-5-10-11(15-6-8)16-13(20)17(10)9-3-1-7(2-4-9)12(18)19/h1-6H,(H,18,19)(H,15,16,20). The van der Waals surface area contributed by atoms with Crippen molar-refractivity contribution in [2.24, 2.45) is 0 Å². The molecule has 0 aliphatic rings. The molecule has 2 aromatic heterocycles. The fourth-order valence-corrected chi connectivity index (χ4v) is 2.41. The van der Waals surface area contributed by atoms with Gasteiger partial charge in [0.05, 0.1) is 16.8 Å². The summed E-state index contributed by atoms with van der Waals surface area (Å²) in [4.78, 5) is 29.7. The minimum absolute atomic E-state index is 0.175. The van der Waals surface area contributed by atoms with E-state index in [9.17, 15) is 9.59 Å². The van der Waals surface area contributed by atoms with E-state index in [0.29, 0.717) is 16.9 Å². The fraction of sp³-hybridized carbons (Fsp3) is 0. The molecule has 20 heavy (non-hydrogen) atoms. The van der Waals surface area contributed by atoms with E-state index in [1.165, 1.54) is 16.7 Å². The third-order valence-electron chi connectivity index (χ3n) is 2.88. The van der Waals surface area contributed by atoms with Crippen molar-refractivity contribution in [3.63, 3.8) is 0 Å². The molecule has 0 fully saturated rings. The van der Waals surface area contributed by atoms with Gasteiger partial charge in [0.1, 0.15) is 0 Å². The van der Waals surface area contributed by atoms with Crippen LogP contribution in [0.5, 0.6) is 0 Å². The van der Waals surface area contributed by atoms with Crippen molar-refractivity contribution < 1.29 is 9.90 Å². The number of rotatable bonds is 2. The highest BCUT2D eigenvalue weighted by Crippen LogP contribution is 2.16. The predicted octanol–water partition coefficient (Wildman–Crippen LogP) is 2.02. The molecule has 0 aliphatic carbocycles. The SMILES string of the molecule is O=C(O)c1ccc(-n2c(=O)[nH]c3ncc(I)cc32)cc1. The lowest BCUT2D eigenvalue weighted by Crippen LogP contribution is -2.14. The summed E-state index contributed by atoms with van der Waals surface area (Å²) in [5.41, 5.74) is 1.62. The van der Waals surface area contributed by atoms with Crippen molar-refractivity contribution in [1.29, 1.82) is 0 Å². The van der Waals surface area contributed by atoms with Crippen LogP contribution < -0.4 is 5.69 Å². The van der Waals surface area contributed by atoms with Gasteiger partial charge in [0, 0.05) is 9.77 Å². The third-order valence-corrected chi connectivity index (χ3v) is 3.47.